The molecule has 1 fully saturated rings. The van der Waals surface area contributed by atoms with Crippen molar-refractivity contribution >= 4 is 21.6 Å². The van der Waals surface area contributed by atoms with Crippen LogP contribution in [0.5, 0.6) is 0 Å². The van der Waals surface area contributed by atoms with Gasteiger partial charge < -0.3 is 9.88 Å². The zero-order valence-corrected chi connectivity index (χ0v) is 17.4. The maximum Gasteiger partial charge on any atom is 0.240 e. The fourth-order valence-corrected chi connectivity index (χ4v) is 5.06. The van der Waals surface area contributed by atoms with Crippen molar-refractivity contribution in [3.8, 4) is 0 Å². The number of nitrogens with one attached hydrogen (secondary N) is 2. The summed E-state index contributed by atoms with van der Waals surface area (Å²) in [6, 6.07) is 8.85. The maximum absolute atomic E-state index is 12.9. The zero-order valence-electron chi connectivity index (χ0n) is 16.6. The number of rotatable bonds is 7. The molecule has 1 aromatic heterocycles. The average molecular weight is 405 g/mol. The molecule has 1 amide bonds. The van der Waals surface area contributed by atoms with Gasteiger partial charge in [0.1, 0.15) is 0 Å². The largest absolute Gasteiger partial charge is 0.353 e. The van der Waals surface area contributed by atoms with E-state index in [0.29, 0.717) is 17.8 Å². The molecule has 1 atom stereocenters. The lowest BCUT2D eigenvalue weighted by Gasteiger charge is -2.28. The summed E-state index contributed by atoms with van der Waals surface area (Å²) in [5.41, 5.74) is 2.28. The molecule has 2 heterocycles. The molecule has 28 heavy (non-hydrogen) atoms. The SMILES string of the molecule is CC(=O)Nc1ccc(S(=O)(=O)NCC(c2cccn2C)N2CCCC2)c(C)c1. The van der Waals surface area contributed by atoms with Crippen LogP contribution in [0.25, 0.3) is 0 Å². The van der Waals surface area contributed by atoms with Crippen LogP contribution in [0.3, 0.4) is 0 Å². The van der Waals surface area contributed by atoms with E-state index in [1.807, 2.05) is 29.9 Å². The predicted molar refractivity (Wildman–Crippen MR) is 110 cm³/mol. The average Bonchev–Trinajstić information content (AvgIpc) is 3.27. The molecule has 0 spiro atoms. The van der Waals surface area contributed by atoms with Gasteiger partial charge >= 0.3 is 0 Å². The molecule has 8 heteroatoms. The van der Waals surface area contributed by atoms with Gasteiger partial charge in [-0.05, 0) is 68.8 Å². The van der Waals surface area contributed by atoms with Crippen LogP contribution in [0, 0.1) is 6.92 Å². The van der Waals surface area contributed by atoms with Crippen LogP contribution in [0.15, 0.2) is 41.4 Å². The summed E-state index contributed by atoms with van der Waals surface area (Å²) >= 11 is 0. The third-order valence-corrected chi connectivity index (χ3v) is 6.74. The van der Waals surface area contributed by atoms with Crippen LogP contribution >= 0.6 is 0 Å². The van der Waals surface area contributed by atoms with Gasteiger partial charge in [0.15, 0.2) is 0 Å². The number of benzene rings is 1. The van der Waals surface area contributed by atoms with Crippen LogP contribution < -0.4 is 10.0 Å². The van der Waals surface area contributed by atoms with Crippen molar-refractivity contribution in [2.45, 2.75) is 37.6 Å². The lowest BCUT2D eigenvalue weighted by molar-refractivity contribution is -0.114. The molecule has 2 N–H and O–H groups in total. The van der Waals surface area contributed by atoms with E-state index in [1.54, 1.807) is 19.1 Å². The van der Waals surface area contributed by atoms with Crippen LogP contribution in [-0.2, 0) is 21.9 Å². The van der Waals surface area contributed by atoms with Crippen LogP contribution in [0.1, 0.15) is 37.1 Å². The lowest BCUT2D eigenvalue weighted by atomic mass is 10.2. The van der Waals surface area contributed by atoms with Crippen molar-refractivity contribution in [2.24, 2.45) is 7.05 Å². The summed E-state index contributed by atoms with van der Waals surface area (Å²) < 4.78 is 30.7. The van der Waals surface area contributed by atoms with Crippen molar-refractivity contribution < 1.29 is 13.2 Å². The Hall–Kier alpha value is -2.16. The molecular formula is C20H28N4O3S. The number of aromatic nitrogens is 1. The highest BCUT2D eigenvalue weighted by Crippen LogP contribution is 2.26. The molecule has 1 unspecified atom stereocenters. The Bertz CT molecular complexity index is 946. The van der Waals surface area contributed by atoms with Crippen molar-refractivity contribution in [3.05, 3.63) is 47.8 Å². The number of hydrogen-bond donors (Lipinski definition) is 2. The number of nitrogens with zero attached hydrogens (tertiary/aromatic N) is 2. The first-order chi connectivity index (χ1) is 13.3. The molecule has 0 bridgehead atoms. The molecule has 152 valence electrons. The van der Waals surface area contributed by atoms with Gasteiger partial charge in [-0.2, -0.15) is 0 Å². The highest BCUT2D eigenvalue weighted by Gasteiger charge is 2.27. The predicted octanol–water partition coefficient (Wildman–Crippen LogP) is 2.41. The van der Waals surface area contributed by atoms with E-state index in [9.17, 15) is 13.2 Å². The van der Waals surface area contributed by atoms with E-state index in [2.05, 4.69) is 14.9 Å². The molecule has 7 nitrogen and oxygen atoms in total. The van der Waals surface area contributed by atoms with Crippen molar-refractivity contribution in [2.75, 3.05) is 25.0 Å². The van der Waals surface area contributed by atoms with E-state index in [-0.39, 0.29) is 16.8 Å². The Morgan fingerprint density at radius 2 is 1.93 bits per heavy atom. The van der Waals surface area contributed by atoms with Gasteiger partial charge in [0.05, 0.1) is 10.9 Å². The lowest BCUT2D eigenvalue weighted by Crippen LogP contribution is -2.37. The number of anilines is 1. The van der Waals surface area contributed by atoms with Gasteiger partial charge in [-0.25, -0.2) is 13.1 Å². The van der Waals surface area contributed by atoms with Gasteiger partial charge in [0.25, 0.3) is 0 Å². The summed E-state index contributed by atoms with van der Waals surface area (Å²) in [6.45, 7) is 5.41. The highest BCUT2D eigenvalue weighted by molar-refractivity contribution is 7.89. The number of hydrogen-bond acceptors (Lipinski definition) is 4. The Morgan fingerprint density at radius 3 is 2.50 bits per heavy atom. The van der Waals surface area contributed by atoms with Gasteiger partial charge in [0.2, 0.25) is 15.9 Å². The number of amides is 1. The fraction of sp³-hybridized carbons (Fsp3) is 0.450. The molecule has 1 aromatic carbocycles. The van der Waals surface area contributed by atoms with E-state index >= 15 is 0 Å². The Kier molecular flexibility index (Phi) is 6.22. The van der Waals surface area contributed by atoms with Gasteiger partial charge in [0, 0.05) is 38.1 Å². The van der Waals surface area contributed by atoms with E-state index < -0.39 is 10.0 Å². The first kappa shape index (κ1) is 20.6. The zero-order chi connectivity index (χ0) is 20.3. The first-order valence-electron chi connectivity index (χ1n) is 9.51. The highest BCUT2D eigenvalue weighted by atomic mass is 32.2. The number of carbonyl (C=O) groups is 1. The Labute approximate surface area is 166 Å². The van der Waals surface area contributed by atoms with Crippen molar-refractivity contribution in [1.29, 1.82) is 0 Å². The van der Waals surface area contributed by atoms with Gasteiger partial charge in [-0.15, -0.1) is 0 Å². The van der Waals surface area contributed by atoms with Crippen molar-refractivity contribution in [1.82, 2.24) is 14.2 Å². The second kappa shape index (κ2) is 8.46. The normalized spacial score (nSPS) is 16.2. The third-order valence-electron chi connectivity index (χ3n) is 5.16. The maximum atomic E-state index is 12.9. The number of carbonyl (C=O) groups excluding carboxylic acids is 1. The minimum Gasteiger partial charge on any atom is -0.353 e. The van der Waals surface area contributed by atoms with Gasteiger partial charge in [-0.1, -0.05) is 0 Å². The fourth-order valence-electron chi connectivity index (χ4n) is 3.79. The van der Waals surface area contributed by atoms with Crippen LogP contribution in [0.2, 0.25) is 0 Å². The molecule has 2 aromatic rings. The quantitative estimate of drug-likeness (QED) is 0.742. The summed E-state index contributed by atoms with van der Waals surface area (Å²) in [7, 11) is -1.68. The summed E-state index contributed by atoms with van der Waals surface area (Å²) in [5, 5.41) is 2.67. The summed E-state index contributed by atoms with van der Waals surface area (Å²) in [6.07, 6.45) is 4.26. The molecule has 1 aliphatic rings. The molecule has 1 aliphatic heterocycles. The smallest absolute Gasteiger partial charge is 0.240 e. The second-order valence-corrected chi connectivity index (χ2v) is 9.05. The molecule has 0 aliphatic carbocycles. The minimum absolute atomic E-state index is 0.00349. The van der Waals surface area contributed by atoms with Crippen molar-refractivity contribution in [3.63, 3.8) is 0 Å². The summed E-state index contributed by atoms with van der Waals surface area (Å²) in [5.74, 6) is -0.191. The van der Waals surface area contributed by atoms with Gasteiger partial charge in [-0.3, -0.25) is 9.69 Å². The first-order valence-corrected chi connectivity index (χ1v) is 11.0. The molecule has 1 saturated heterocycles. The second-order valence-electron chi connectivity index (χ2n) is 7.32. The van der Waals surface area contributed by atoms with Crippen LogP contribution in [-0.4, -0.2) is 43.4 Å². The standard InChI is InChI=1S/C20H28N4O3S/c1-15-13-17(22-16(2)25)8-9-20(15)28(26,27)21-14-19(24-11-4-5-12-24)18-7-6-10-23(18)3/h6-10,13,19,21H,4-5,11-12,14H2,1-3H3,(H,22,25). The molecule has 0 saturated carbocycles. The van der Waals surface area contributed by atoms with Crippen LogP contribution in [0.4, 0.5) is 5.69 Å². The van der Waals surface area contributed by atoms with E-state index in [1.165, 1.54) is 13.0 Å². The molecule has 0 radical (unpaired) electrons. The number of sulfonamides is 1. The number of likely N-dealkylation sites (tertiary alicyclic amines) is 1. The molecule has 3 rings (SSSR count). The Morgan fingerprint density at radius 1 is 1.21 bits per heavy atom. The van der Waals surface area contributed by atoms with E-state index in [0.717, 1.165) is 31.6 Å². The van der Waals surface area contributed by atoms with E-state index in [4.69, 9.17) is 0 Å². The number of aryl methyl sites for hydroxylation is 2. The Balaban J connectivity index is 1.79. The monoisotopic (exact) mass is 404 g/mol. The summed E-state index contributed by atoms with van der Waals surface area (Å²) in [4.78, 5) is 13.8. The minimum atomic E-state index is -3.66. The molecular weight excluding hydrogens is 376 g/mol. The third kappa shape index (κ3) is 4.63. The topological polar surface area (TPSA) is 83.4 Å².